The van der Waals surface area contributed by atoms with Gasteiger partial charge in [-0.3, -0.25) is 0 Å². The van der Waals surface area contributed by atoms with Crippen LogP contribution in [-0.4, -0.2) is 5.38 Å². The van der Waals surface area contributed by atoms with Gasteiger partial charge in [-0.25, -0.2) is 0 Å². The Morgan fingerprint density at radius 3 is 2.23 bits per heavy atom. The van der Waals surface area contributed by atoms with Crippen LogP contribution in [0.2, 0.25) is 0 Å². The third-order valence-electron chi connectivity index (χ3n) is 3.51. The van der Waals surface area contributed by atoms with Crippen LogP contribution in [0.3, 0.4) is 0 Å². The number of unbranched alkanes of at least 4 members (excludes halogenated alkanes) is 4. The number of alkyl halides is 1. The quantitative estimate of drug-likeness (QED) is 0.413. The van der Waals surface area contributed by atoms with E-state index in [1.165, 1.54) is 51.4 Å². The van der Waals surface area contributed by atoms with Crippen LogP contribution in [0.25, 0.3) is 0 Å². The van der Waals surface area contributed by atoms with E-state index in [1.807, 2.05) is 0 Å². The maximum atomic E-state index is 6.17. The normalized spacial score (nSPS) is 21.5. The number of halogens is 1. The lowest BCUT2D eigenvalue weighted by Gasteiger charge is -2.17. The Balaban J connectivity index is 1.99. The minimum atomic E-state index is 0.402. The first-order chi connectivity index (χ1) is 6.21. The van der Waals surface area contributed by atoms with Crippen molar-refractivity contribution < 1.29 is 0 Å². The van der Waals surface area contributed by atoms with Crippen LogP contribution in [0.1, 0.15) is 65.2 Å². The molecule has 1 heteroatoms. The van der Waals surface area contributed by atoms with Gasteiger partial charge in [-0.05, 0) is 31.6 Å². The number of hydrogen-bond acceptors (Lipinski definition) is 0. The Morgan fingerprint density at radius 2 is 1.77 bits per heavy atom. The van der Waals surface area contributed by atoms with E-state index in [2.05, 4.69) is 13.8 Å². The second-order valence-electron chi connectivity index (χ2n) is 4.64. The lowest BCUT2D eigenvalue weighted by molar-refractivity contribution is 0.426. The Kier molecular flexibility index (Phi) is 4.58. The fourth-order valence-corrected chi connectivity index (χ4v) is 2.42. The van der Waals surface area contributed by atoms with Crippen LogP contribution in [0, 0.1) is 5.41 Å². The molecule has 0 aromatic heterocycles. The molecule has 0 aromatic carbocycles. The Bertz CT molecular complexity index is 136. The predicted molar refractivity (Wildman–Crippen MR) is 60.4 cm³/mol. The van der Waals surface area contributed by atoms with Gasteiger partial charge in [0.15, 0.2) is 0 Å². The largest absolute Gasteiger partial charge is 0.123 e. The predicted octanol–water partition coefficient (Wildman–Crippen LogP) is 4.75. The molecule has 78 valence electrons. The van der Waals surface area contributed by atoms with Crippen LogP contribution in [-0.2, 0) is 0 Å². The van der Waals surface area contributed by atoms with Crippen LogP contribution in [0.4, 0.5) is 0 Å². The summed E-state index contributed by atoms with van der Waals surface area (Å²) in [4.78, 5) is 0. The molecular formula is C12H23Cl. The SMILES string of the molecule is CCCCCCCC1(C(C)Cl)CC1. The van der Waals surface area contributed by atoms with Crippen LogP contribution in [0.5, 0.6) is 0 Å². The second kappa shape index (κ2) is 5.24. The minimum Gasteiger partial charge on any atom is -0.123 e. The van der Waals surface area contributed by atoms with Gasteiger partial charge in [-0.15, -0.1) is 11.6 Å². The molecule has 0 saturated heterocycles. The van der Waals surface area contributed by atoms with Crippen molar-refractivity contribution in [3.05, 3.63) is 0 Å². The van der Waals surface area contributed by atoms with Crippen LogP contribution >= 0.6 is 11.6 Å². The van der Waals surface area contributed by atoms with E-state index in [9.17, 15) is 0 Å². The summed E-state index contributed by atoms with van der Waals surface area (Å²) in [5, 5.41) is 0.402. The molecule has 0 aromatic rings. The first-order valence-corrected chi connectivity index (χ1v) is 6.29. The molecule has 13 heavy (non-hydrogen) atoms. The molecular weight excluding hydrogens is 180 g/mol. The lowest BCUT2D eigenvalue weighted by Crippen LogP contribution is -2.11. The van der Waals surface area contributed by atoms with Crippen molar-refractivity contribution in [3.63, 3.8) is 0 Å². The maximum absolute atomic E-state index is 6.17. The lowest BCUT2D eigenvalue weighted by atomic mass is 9.95. The molecule has 1 aliphatic carbocycles. The molecule has 0 nitrogen and oxygen atoms in total. The fourth-order valence-electron chi connectivity index (χ4n) is 2.09. The molecule has 1 aliphatic rings. The van der Waals surface area contributed by atoms with Gasteiger partial charge < -0.3 is 0 Å². The van der Waals surface area contributed by atoms with E-state index in [1.54, 1.807) is 0 Å². The van der Waals surface area contributed by atoms with E-state index in [0.717, 1.165) is 0 Å². The Labute approximate surface area is 88.1 Å². The molecule has 1 rings (SSSR count). The summed E-state index contributed by atoms with van der Waals surface area (Å²) in [5.74, 6) is 0. The highest BCUT2D eigenvalue weighted by Gasteiger charge is 2.45. The molecule has 0 radical (unpaired) electrons. The molecule has 1 saturated carbocycles. The summed E-state index contributed by atoms with van der Waals surface area (Å²) in [6, 6.07) is 0. The summed E-state index contributed by atoms with van der Waals surface area (Å²) < 4.78 is 0. The number of rotatable bonds is 7. The molecule has 0 amide bonds. The van der Waals surface area contributed by atoms with E-state index < -0.39 is 0 Å². The third kappa shape index (κ3) is 3.50. The monoisotopic (exact) mass is 202 g/mol. The molecule has 1 atom stereocenters. The molecule has 1 unspecified atom stereocenters. The van der Waals surface area contributed by atoms with Gasteiger partial charge in [0, 0.05) is 5.38 Å². The van der Waals surface area contributed by atoms with E-state index in [-0.39, 0.29) is 0 Å². The van der Waals surface area contributed by atoms with Gasteiger partial charge in [-0.2, -0.15) is 0 Å². The van der Waals surface area contributed by atoms with Crippen molar-refractivity contribution >= 4 is 11.6 Å². The molecule has 0 N–H and O–H groups in total. The van der Waals surface area contributed by atoms with E-state index in [0.29, 0.717) is 10.8 Å². The standard InChI is InChI=1S/C12H23Cl/c1-3-4-5-6-7-8-12(9-10-12)11(2)13/h11H,3-10H2,1-2H3. The van der Waals surface area contributed by atoms with Gasteiger partial charge in [0.2, 0.25) is 0 Å². The van der Waals surface area contributed by atoms with Crippen molar-refractivity contribution in [1.82, 2.24) is 0 Å². The first-order valence-electron chi connectivity index (χ1n) is 5.85. The van der Waals surface area contributed by atoms with Gasteiger partial charge in [0.05, 0.1) is 0 Å². The zero-order valence-corrected chi connectivity index (χ0v) is 9.87. The van der Waals surface area contributed by atoms with Gasteiger partial charge >= 0.3 is 0 Å². The van der Waals surface area contributed by atoms with Crippen molar-refractivity contribution in [1.29, 1.82) is 0 Å². The second-order valence-corrected chi connectivity index (χ2v) is 5.30. The zero-order chi connectivity index (χ0) is 9.73. The van der Waals surface area contributed by atoms with Crippen molar-refractivity contribution in [3.8, 4) is 0 Å². The average Bonchev–Trinajstić information content (AvgIpc) is 2.85. The summed E-state index contributed by atoms with van der Waals surface area (Å²) in [6.45, 7) is 4.43. The van der Waals surface area contributed by atoms with Crippen LogP contribution < -0.4 is 0 Å². The minimum absolute atomic E-state index is 0.402. The van der Waals surface area contributed by atoms with Crippen molar-refractivity contribution in [2.45, 2.75) is 70.6 Å². The highest BCUT2D eigenvalue weighted by molar-refractivity contribution is 6.21. The summed E-state index contributed by atoms with van der Waals surface area (Å²) in [5.41, 5.74) is 0.563. The zero-order valence-electron chi connectivity index (χ0n) is 9.11. The molecule has 0 aliphatic heterocycles. The smallest absolute Gasteiger partial charge is 0.0364 e. The summed E-state index contributed by atoms with van der Waals surface area (Å²) in [6.07, 6.45) is 11.1. The molecule has 0 heterocycles. The fraction of sp³-hybridized carbons (Fsp3) is 1.00. The topological polar surface area (TPSA) is 0 Å². The van der Waals surface area contributed by atoms with Crippen molar-refractivity contribution in [2.75, 3.05) is 0 Å². The Morgan fingerprint density at radius 1 is 1.15 bits per heavy atom. The highest BCUT2D eigenvalue weighted by Crippen LogP contribution is 2.54. The molecule has 1 fully saturated rings. The maximum Gasteiger partial charge on any atom is 0.0364 e. The van der Waals surface area contributed by atoms with E-state index >= 15 is 0 Å². The first kappa shape index (κ1) is 11.4. The summed E-state index contributed by atoms with van der Waals surface area (Å²) in [7, 11) is 0. The highest BCUT2D eigenvalue weighted by atomic mass is 35.5. The average molecular weight is 203 g/mol. The summed E-state index contributed by atoms with van der Waals surface area (Å²) >= 11 is 6.17. The third-order valence-corrected chi connectivity index (χ3v) is 3.98. The van der Waals surface area contributed by atoms with E-state index in [4.69, 9.17) is 11.6 Å². The Hall–Kier alpha value is 0.290. The van der Waals surface area contributed by atoms with Gasteiger partial charge in [0.25, 0.3) is 0 Å². The van der Waals surface area contributed by atoms with Gasteiger partial charge in [-0.1, -0.05) is 39.0 Å². The van der Waals surface area contributed by atoms with Crippen molar-refractivity contribution in [2.24, 2.45) is 5.41 Å². The number of hydrogen-bond donors (Lipinski definition) is 0. The molecule has 0 bridgehead atoms. The van der Waals surface area contributed by atoms with Crippen LogP contribution in [0.15, 0.2) is 0 Å². The van der Waals surface area contributed by atoms with Gasteiger partial charge in [0.1, 0.15) is 0 Å². The molecule has 0 spiro atoms.